The highest BCUT2D eigenvalue weighted by Crippen LogP contribution is 2.19. The highest BCUT2D eigenvalue weighted by atomic mass is 32.2. The van der Waals surface area contributed by atoms with Crippen molar-refractivity contribution in [3.63, 3.8) is 0 Å². The summed E-state index contributed by atoms with van der Waals surface area (Å²) in [6, 6.07) is 16.5. The second-order valence-corrected chi connectivity index (χ2v) is 10.1. The third kappa shape index (κ3) is 6.01. The van der Waals surface area contributed by atoms with Gasteiger partial charge >= 0.3 is 0 Å². The summed E-state index contributed by atoms with van der Waals surface area (Å²) in [6.45, 7) is 7.24. The smallest absolute Gasteiger partial charge is 0.263 e. The first-order valence-corrected chi connectivity index (χ1v) is 12.5. The molecule has 1 N–H and O–H groups in total. The molecule has 1 aliphatic rings. The van der Waals surface area contributed by atoms with E-state index in [0.29, 0.717) is 13.1 Å². The van der Waals surface area contributed by atoms with Crippen LogP contribution in [-0.4, -0.2) is 49.7 Å². The Kier molecular flexibility index (Phi) is 7.90. The maximum atomic E-state index is 12.9. The van der Waals surface area contributed by atoms with Gasteiger partial charge in [0.2, 0.25) is 10.0 Å². The van der Waals surface area contributed by atoms with Gasteiger partial charge in [0.05, 0.1) is 10.9 Å². The van der Waals surface area contributed by atoms with Crippen LogP contribution in [0.15, 0.2) is 65.2 Å². The van der Waals surface area contributed by atoms with Gasteiger partial charge in [0.25, 0.3) is 5.91 Å². The number of hydrogen-bond donors (Lipinski definition) is 1. The van der Waals surface area contributed by atoms with Gasteiger partial charge in [-0.05, 0) is 43.5 Å². The van der Waals surface area contributed by atoms with Gasteiger partial charge in [-0.25, -0.2) is 8.42 Å². The van der Waals surface area contributed by atoms with Gasteiger partial charge in [0, 0.05) is 32.4 Å². The number of nitrogens with one attached hydrogen (secondary N) is 1. The Labute approximate surface area is 196 Å². The zero-order chi connectivity index (χ0) is 24.0. The van der Waals surface area contributed by atoms with Gasteiger partial charge < -0.3 is 10.2 Å². The summed E-state index contributed by atoms with van der Waals surface area (Å²) in [7, 11) is -3.56. The third-order valence-corrected chi connectivity index (χ3v) is 7.76. The first-order chi connectivity index (χ1) is 15.7. The summed E-state index contributed by atoms with van der Waals surface area (Å²) in [5, 5.41) is 12.4. The van der Waals surface area contributed by atoms with Crippen molar-refractivity contribution >= 4 is 15.9 Å². The van der Waals surface area contributed by atoms with E-state index in [1.54, 1.807) is 24.3 Å². The average molecular weight is 467 g/mol. The Bertz CT molecular complexity index is 1140. The molecule has 8 heteroatoms. The molecule has 1 heterocycles. The van der Waals surface area contributed by atoms with Crippen LogP contribution < -0.4 is 5.32 Å². The van der Waals surface area contributed by atoms with Gasteiger partial charge in [-0.3, -0.25) is 4.79 Å². The molecule has 2 aromatic rings. The first-order valence-electron chi connectivity index (χ1n) is 11.1. The second kappa shape index (κ2) is 10.6. The van der Waals surface area contributed by atoms with Crippen molar-refractivity contribution in [3.05, 3.63) is 77.0 Å². The Balaban J connectivity index is 1.61. The highest BCUT2D eigenvalue weighted by Gasteiger charge is 2.28. The molecule has 0 bridgehead atoms. The zero-order valence-corrected chi connectivity index (χ0v) is 20.1. The highest BCUT2D eigenvalue weighted by molar-refractivity contribution is 7.89. The quantitative estimate of drug-likeness (QED) is 0.500. The minimum Gasteiger partial charge on any atom is -0.373 e. The number of amides is 1. The van der Waals surface area contributed by atoms with Gasteiger partial charge in [0.15, 0.2) is 0 Å². The van der Waals surface area contributed by atoms with Crippen LogP contribution in [-0.2, 0) is 21.2 Å². The molecule has 0 spiro atoms. The minimum atomic E-state index is -3.56. The van der Waals surface area contributed by atoms with Gasteiger partial charge in [-0.1, -0.05) is 48.9 Å². The zero-order valence-electron chi connectivity index (χ0n) is 19.3. The van der Waals surface area contributed by atoms with Crippen LogP contribution in [0.2, 0.25) is 0 Å². The van der Waals surface area contributed by atoms with E-state index in [1.807, 2.05) is 49.1 Å². The number of nitriles is 1. The van der Waals surface area contributed by atoms with Crippen LogP contribution in [0.1, 0.15) is 36.6 Å². The molecule has 1 aliphatic heterocycles. The van der Waals surface area contributed by atoms with E-state index < -0.39 is 15.9 Å². The monoisotopic (exact) mass is 466 g/mol. The van der Waals surface area contributed by atoms with Crippen molar-refractivity contribution < 1.29 is 13.2 Å². The SMILES string of the molecule is CCc1ccc(C(C)NC(=O)/C(C#N)=C\N2CCN(S(=O)(=O)c3ccc(C)cc3)CC2)cc1. The Morgan fingerprint density at radius 1 is 1.09 bits per heavy atom. The molecule has 1 saturated heterocycles. The number of rotatable bonds is 7. The molecule has 0 aromatic heterocycles. The van der Waals surface area contributed by atoms with Crippen LogP contribution in [0.3, 0.4) is 0 Å². The number of carbonyl (C=O) groups is 1. The number of sulfonamides is 1. The van der Waals surface area contributed by atoms with Crippen molar-refractivity contribution in [2.45, 2.75) is 38.1 Å². The molecule has 2 aromatic carbocycles. The number of hydrogen-bond acceptors (Lipinski definition) is 5. The molecule has 1 atom stereocenters. The molecule has 1 unspecified atom stereocenters. The second-order valence-electron chi connectivity index (χ2n) is 8.20. The van der Waals surface area contributed by atoms with Crippen molar-refractivity contribution in [2.24, 2.45) is 0 Å². The van der Waals surface area contributed by atoms with Gasteiger partial charge in [-0.2, -0.15) is 9.57 Å². The molecule has 1 fully saturated rings. The molecule has 174 valence electrons. The lowest BCUT2D eigenvalue weighted by atomic mass is 10.0. The van der Waals surface area contributed by atoms with Gasteiger partial charge in [0.1, 0.15) is 11.6 Å². The Hall–Kier alpha value is -3.15. The number of piperazine rings is 1. The van der Waals surface area contributed by atoms with Crippen LogP contribution in [0, 0.1) is 18.3 Å². The summed E-state index contributed by atoms with van der Waals surface area (Å²) in [5.74, 6) is -0.445. The van der Waals surface area contributed by atoms with Crippen LogP contribution in [0.5, 0.6) is 0 Å². The molecular formula is C25H30N4O3S. The third-order valence-electron chi connectivity index (χ3n) is 5.84. The fraction of sp³-hybridized carbons (Fsp3) is 0.360. The lowest BCUT2D eigenvalue weighted by molar-refractivity contribution is -0.117. The van der Waals surface area contributed by atoms with E-state index in [1.165, 1.54) is 16.1 Å². The molecule has 1 amide bonds. The van der Waals surface area contributed by atoms with Crippen LogP contribution in [0.25, 0.3) is 0 Å². The summed E-state index contributed by atoms with van der Waals surface area (Å²) in [5.41, 5.74) is 3.19. The molecule has 7 nitrogen and oxygen atoms in total. The van der Waals surface area contributed by atoms with Gasteiger partial charge in [-0.15, -0.1) is 0 Å². The largest absolute Gasteiger partial charge is 0.373 e. The van der Waals surface area contributed by atoms with E-state index in [2.05, 4.69) is 12.2 Å². The standard InChI is InChI=1S/C25H30N4O3S/c1-4-21-7-9-22(10-8-21)20(3)27-25(30)23(17-26)18-28-13-15-29(16-14-28)33(31,32)24-11-5-19(2)6-12-24/h5-12,18,20H,4,13-16H2,1-3H3,(H,27,30)/b23-18-. The fourth-order valence-electron chi connectivity index (χ4n) is 3.65. The average Bonchev–Trinajstić information content (AvgIpc) is 2.83. The van der Waals surface area contributed by atoms with Crippen LogP contribution >= 0.6 is 0 Å². The number of carbonyl (C=O) groups excluding carboxylic acids is 1. The summed E-state index contributed by atoms with van der Waals surface area (Å²) < 4.78 is 27.2. The molecule has 3 rings (SSSR count). The maximum absolute atomic E-state index is 12.9. The van der Waals surface area contributed by atoms with Crippen molar-refractivity contribution in [2.75, 3.05) is 26.2 Å². The number of aryl methyl sites for hydroxylation is 2. The molecular weight excluding hydrogens is 436 g/mol. The van der Waals surface area contributed by atoms with Crippen molar-refractivity contribution in [3.8, 4) is 6.07 Å². The van der Waals surface area contributed by atoms with E-state index in [4.69, 9.17) is 0 Å². The van der Waals surface area contributed by atoms with E-state index in [0.717, 1.165) is 17.5 Å². The predicted molar refractivity (Wildman–Crippen MR) is 128 cm³/mol. The topological polar surface area (TPSA) is 93.5 Å². The fourth-order valence-corrected chi connectivity index (χ4v) is 5.08. The lowest BCUT2D eigenvalue weighted by Gasteiger charge is -2.33. The van der Waals surface area contributed by atoms with E-state index >= 15 is 0 Å². The number of benzene rings is 2. The summed E-state index contributed by atoms with van der Waals surface area (Å²) in [4.78, 5) is 14.7. The summed E-state index contributed by atoms with van der Waals surface area (Å²) in [6.07, 6.45) is 2.47. The van der Waals surface area contributed by atoms with Crippen molar-refractivity contribution in [1.82, 2.24) is 14.5 Å². The molecule has 0 radical (unpaired) electrons. The number of nitrogens with zero attached hydrogens (tertiary/aromatic N) is 3. The molecule has 0 saturated carbocycles. The minimum absolute atomic E-state index is 0.00173. The normalized spacial score (nSPS) is 16.2. The van der Waals surface area contributed by atoms with Crippen LogP contribution in [0.4, 0.5) is 0 Å². The Morgan fingerprint density at radius 2 is 1.70 bits per heavy atom. The molecule has 33 heavy (non-hydrogen) atoms. The molecule has 0 aliphatic carbocycles. The first kappa shape index (κ1) is 24.5. The maximum Gasteiger partial charge on any atom is 0.263 e. The summed E-state index contributed by atoms with van der Waals surface area (Å²) >= 11 is 0. The Morgan fingerprint density at radius 3 is 2.24 bits per heavy atom. The van der Waals surface area contributed by atoms with Crippen molar-refractivity contribution in [1.29, 1.82) is 5.26 Å². The lowest BCUT2D eigenvalue weighted by Crippen LogP contribution is -2.47. The predicted octanol–water partition coefficient (Wildman–Crippen LogP) is 3.15. The van der Waals surface area contributed by atoms with E-state index in [-0.39, 0.29) is 29.6 Å². The van der Waals surface area contributed by atoms with E-state index in [9.17, 15) is 18.5 Å².